The fraction of sp³-hybridized carbons (Fsp3) is 0.200. The summed E-state index contributed by atoms with van der Waals surface area (Å²) in [6, 6.07) is 20.0. The van der Waals surface area contributed by atoms with E-state index in [2.05, 4.69) is 10.5 Å². The molecule has 0 spiro atoms. The second kappa shape index (κ2) is 11.2. The fourth-order valence-corrected chi connectivity index (χ4v) is 4.64. The Bertz CT molecular complexity index is 1260. The van der Waals surface area contributed by atoms with Crippen LogP contribution in [0.1, 0.15) is 25.0 Å². The first-order valence-corrected chi connectivity index (χ1v) is 12.4. The number of amides is 1. The van der Waals surface area contributed by atoms with Gasteiger partial charge in [-0.3, -0.25) is 9.10 Å². The molecule has 34 heavy (non-hydrogen) atoms. The van der Waals surface area contributed by atoms with Crippen molar-refractivity contribution >= 4 is 38.9 Å². The standard InChI is InChI=1S/C25H26ClN3O4S/c1-4-33-23-13-11-22(12-14-23)29(34(31,32)24-15-9-21(26)10-16-24)17-25(30)28-27-19(3)20-7-5-18(2)6-8-20/h5-16H,4,17H2,1-3H3,(H,28,30)/b27-19-. The van der Waals surface area contributed by atoms with Crippen LogP contribution in [0.5, 0.6) is 5.75 Å². The third kappa shape index (κ3) is 6.36. The SMILES string of the molecule is CCOc1ccc(N(CC(=O)N/N=C(/C)c2ccc(C)cc2)S(=O)(=O)c2ccc(Cl)cc2)cc1. The summed E-state index contributed by atoms with van der Waals surface area (Å²) < 4.78 is 33.3. The molecule has 0 aromatic heterocycles. The maximum atomic E-state index is 13.4. The summed E-state index contributed by atoms with van der Waals surface area (Å²) in [5.41, 5.74) is 5.33. The van der Waals surface area contributed by atoms with Crippen LogP contribution in [0.2, 0.25) is 5.02 Å². The largest absolute Gasteiger partial charge is 0.494 e. The quantitative estimate of drug-likeness (QED) is 0.339. The minimum atomic E-state index is -4.06. The lowest BCUT2D eigenvalue weighted by Gasteiger charge is -2.24. The molecule has 9 heteroatoms. The van der Waals surface area contributed by atoms with Gasteiger partial charge in [0.15, 0.2) is 0 Å². The van der Waals surface area contributed by atoms with Gasteiger partial charge in [-0.05, 0) is 74.9 Å². The van der Waals surface area contributed by atoms with Gasteiger partial charge < -0.3 is 4.74 Å². The van der Waals surface area contributed by atoms with Crippen molar-refractivity contribution in [2.45, 2.75) is 25.7 Å². The van der Waals surface area contributed by atoms with Crippen molar-refractivity contribution in [1.29, 1.82) is 0 Å². The topological polar surface area (TPSA) is 88.1 Å². The van der Waals surface area contributed by atoms with Crippen molar-refractivity contribution in [2.24, 2.45) is 5.10 Å². The molecule has 0 aliphatic carbocycles. The Hall–Kier alpha value is -3.36. The summed E-state index contributed by atoms with van der Waals surface area (Å²) >= 11 is 5.92. The fourth-order valence-electron chi connectivity index (χ4n) is 3.10. The Labute approximate surface area is 205 Å². The lowest BCUT2D eigenvalue weighted by Crippen LogP contribution is -2.39. The molecule has 178 valence electrons. The molecule has 0 saturated carbocycles. The highest BCUT2D eigenvalue weighted by Gasteiger charge is 2.27. The molecular formula is C25H26ClN3O4S. The minimum absolute atomic E-state index is 0.0120. The van der Waals surface area contributed by atoms with Gasteiger partial charge >= 0.3 is 0 Å². The van der Waals surface area contributed by atoms with E-state index in [1.54, 1.807) is 31.2 Å². The number of rotatable bonds is 9. The number of carbonyl (C=O) groups excluding carboxylic acids is 1. The Kier molecular flexibility index (Phi) is 8.31. The molecule has 0 atom stereocenters. The van der Waals surface area contributed by atoms with Gasteiger partial charge in [0.25, 0.3) is 15.9 Å². The summed E-state index contributed by atoms with van der Waals surface area (Å²) in [6.07, 6.45) is 0. The number of hydrogen-bond acceptors (Lipinski definition) is 5. The predicted octanol–water partition coefficient (Wildman–Crippen LogP) is 4.78. The lowest BCUT2D eigenvalue weighted by molar-refractivity contribution is -0.119. The van der Waals surface area contributed by atoms with Crippen LogP contribution in [-0.2, 0) is 14.8 Å². The van der Waals surface area contributed by atoms with E-state index >= 15 is 0 Å². The maximum absolute atomic E-state index is 13.4. The smallest absolute Gasteiger partial charge is 0.264 e. The number of halogens is 1. The number of aryl methyl sites for hydroxylation is 1. The predicted molar refractivity (Wildman–Crippen MR) is 135 cm³/mol. The average Bonchev–Trinajstić information content (AvgIpc) is 2.82. The van der Waals surface area contributed by atoms with E-state index in [1.165, 1.54) is 24.3 Å². The van der Waals surface area contributed by atoms with E-state index in [1.807, 2.05) is 38.1 Å². The number of ether oxygens (including phenoxy) is 1. The van der Waals surface area contributed by atoms with Gasteiger partial charge in [-0.15, -0.1) is 0 Å². The molecule has 0 radical (unpaired) electrons. The van der Waals surface area contributed by atoms with Gasteiger partial charge in [-0.2, -0.15) is 5.10 Å². The molecule has 7 nitrogen and oxygen atoms in total. The number of nitrogens with one attached hydrogen (secondary N) is 1. The van der Waals surface area contributed by atoms with Gasteiger partial charge in [0.05, 0.1) is 22.9 Å². The molecule has 0 bridgehead atoms. The molecule has 0 aliphatic rings. The zero-order chi connectivity index (χ0) is 24.7. The van der Waals surface area contributed by atoms with Crippen molar-refractivity contribution in [3.05, 3.63) is 88.9 Å². The van der Waals surface area contributed by atoms with Crippen LogP contribution >= 0.6 is 11.6 Å². The molecule has 1 N–H and O–H groups in total. The first-order chi connectivity index (χ1) is 16.2. The van der Waals surface area contributed by atoms with Crippen LogP contribution in [0, 0.1) is 6.92 Å². The summed E-state index contributed by atoms with van der Waals surface area (Å²) in [4.78, 5) is 12.8. The van der Waals surface area contributed by atoms with Crippen LogP contribution in [0.25, 0.3) is 0 Å². The number of anilines is 1. The zero-order valence-corrected chi connectivity index (χ0v) is 20.7. The molecule has 0 aliphatic heterocycles. The third-order valence-electron chi connectivity index (χ3n) is 4.94. The number of hydrazone groups is 1. The van der Waals surface area contributed by atoms with E-state index < -0.39 is 22.5 Å². The normalized spacial score (nSPS) is 11.7. The summed E-state index contributed by atoms with van der Waals surface area (Å²) in [5.74, 6) is 0.00995. The monoisotopic (exact) mass is 499 g/mol. The van der Waals surface area contributed by atoms with Crippen molar-refractivity contribution in [2.75, 3.05) is 17.5 Å². The highest BCUT2D eigenvalue weighted by atomic mass is 35.5. The summed E-state index contributed by atoms with van der Waals surface area (Å²) in [7, 11) is -4.06. The van der Waals surface area contributed by atoms with E-state index in [4.69, 9.17) is 16.3 Å². The van der Waals surface area contributed by atoms with Gasteiger partial charge in [-0.1, -0.05) is 41.4 Å². The van der Waals surface area contributed by atoms with Crippen molar-refractivity contribution in [1.82, 2.24) is 5.43 Å². The average molecular weight is 500 g/mol. The first-order valence-electron chi connectivity index (χ1n) is 10.6. The second-order valence-corrected chi connectivity index (χ2v) is 9.79. The Morgan fingerprint density at radius 1 is 1.00 bits per heavy atom. The Morgan fingerprint density at radius 3 is 2.21 bits per heavy atom. The summed E-state index contributed by atoms with van der Waals surface area (Å²) in [6.45, 7) is 5.61. The third-order valence-corrected chi connectivity index (χ3v) is 6.98. The van der Waals surface area contributed by atoms with Gasteiger partial charge in [0, 0.05) is 5.02 Å². The van der Waals surface area contributed by atoms with Crippen molar-refractivity contribution < 1.29 is 17.9 Å². The minimum Gasteiger partial charge on any atom is -0.494 e. The highest BCUT2D eigenvalue weighted by molar-refractivity contribution is 7.92. The van der Waals surface area contributed by atoms with E-state index in [0.29, 0.717) is 28.8 Å². The van der Waals surface area contributed by atoms with Gasteiger partial charge in [0.1, 0.15) is 12.3 Å². The van der Waals surface area contributed by atoms with Crippen molar-refractivity contribution in [3.63, 3.8) is 0 Å². The van der Waals surface area contributed by atoms with Crippen LogP contribution < -0.4 is 14.5 Å². The molecule has 0 fully saturated rings. The van der Waals surface area contributed by atoms with Crippen LogP contribution in [-0.4, -0.2) is 33.2 Å². The Balaban J connectivity index is 1.87. The molecule has 0 saturated heterocycles. The molecule has 1 amide bonds. The highest BCUT2D eigenvalue weighted by Crippen LogP contribution is 2.26. The molecule has 3 rings (SSSR count). The number of benzene rings is 3. The van der Waals surface area contributed by atoms with Crippen LogP contribution in [0.4, 0.5) is 5.69 Å². The van der Waals surface area contributed by atoms with Gasteiger partial charge in [0.2, 0.25) is 0 Å². The van der Waals surface area contributed by atoms with E-state index in [-0.39, 0.29) is 4.90 Å². The lowest BCUT2D eigenvalue weighted by atomic mass is 10.1. The number of nitrogens with zero attached hydrogens (tertiary/aromatic N) is 2. The number of carbonyl (C=O) groups is 1. The van der Waals surface area contributed by atoms with Crippen LogP contribution in [0.3, 0.4) is 0 Å². The molecule has 3 aromatic carbocycles. The van der Waals surface area contributed by atoms with E-state index in [9.17, 15) is 13.2 Å². The Morgan fingerprint density at radius 2 is 1.62 bits per heavy atom. The second-order valence-electron chi connectivity index (χ2n) is 7.49. The zero-order valence-electron chi connectivity index (χ0n) is 19.2. The molecule has 0 unspecified atom stereocenters. The molecule has 0 heterocycles. The number of hydrogen-bond donors (Lipinski definition) is 1. The number of sulfonamides is 1. The van der Waals surface area contributed by atoms with Crippen molar-refractivity contribution in [3.8, 4) is 5.75 Å². The summed E-state index contributed by atoms with van der Waals surface area (Å²) in [5, 5.41) is 4.54. The van der Waals surface area contributed by atoms with Gasteiger partial charge in [-0.25, -0.2) is 13.8 Å². The van der Waals surface area contributed by atoms with Crippen LogP contribution in [0.15, 0.2) is 82.8 Å². The maximum Gasteiger partial charge on any atom is 0.264 e. The molecule has 3 aromatic rings. The first kappa shape index (κ1) is 25.3. The molecular weight excluding hydrogens is 474 g/mol. The van der Waals surface area contributed by atoms with E-state index in [0.717, 1.165) is 15.4 Å².